The van der Waals surface area contributed by atoms with E-state index in [2.05, 4.69) is 26.3 Å². The molecule has 1 aromatic heterocycles. The third-order valence-electron chi connectivity index (χ3n) is 8.64. The Balaban J connectivity index is 1.66. The molecule has 5 amide bonds. The van der Waals surface area contributed by atoms with Crippen molar-refractivity contribution in [2.45, 2.75) is 64.8 Å². The van der Waals surface area contributed by atoms with Crippen molar-refractivity contribution in [2.24, 2.45) is 5.92 Å². The second-order valence-electron chi connectivity index (χ2n) is 12.5. The molecule has 3 aromatic rings. The van der Waals surface area contributed by atoms with Crippen LogP contribution in [0.25, 0.3) is 0 Å². The van der Waals surface area contributed by atoms with E-state index in [1.165, 1.54) is 61.7 Å². The fourth-order valence-corrected chi connectivity index (χ4v) is 5.53. The van der Waals surface area contributed by atoms with Crippen LogP contribution in [0.15, 0.2) is 60.9 Å². The summed E-state index contributed by atoms with van der Waals surface area (Å²) in [7, 11) is 1.42. The fourth-order valence-electron chi connectivity index (χ4n) is 5.53. The van der Waals surface area contributed by atoms with Crippen LogP contribution in [-0.2, 0) is 20.9 Å². The zero-order chi connectivity index (χ0) is 37.8. The van der Waals surface area contributed by atoms with Gasteiger partial charge in [-0.15, -0.1) is 0 Å². The molecule has 0 saturated carbocycles. The molecule has 0 fully saturated rings. The van der Waals surface area contributed by atoms with Crippen molar-refractivity contribution in [3.8, 4) is 17.2 Å². The summed E-state index contributed by atoms with van der Waals surface area (Å²) in [6, 6.07) is 9.07. The number of aliphatic hydroxyl groups is 1. The van der Waals surface area contributed by atoms with Gasteiger partial charge in [-0.25, -0.2) is 4.39 Å². The van der Waals surface area contributed by atoms with E-state index in [9.17, 15) is 33.5 Å². The number of fused-ring (bicyclic) bond motifs is 4. The molecule has 0 unspecified atom stereocenters. The van der Waals surface area contributed by atoms with Crippen LogP contribution in [0.3, 0.4) is 0 Å². The van der Waals surface area contributed by atoms with E-state index in [1.54, 1.807) is 19.1 Å². The lowest BCUT2D eigenvalue weighted by molar-refractivity contribution is -0.135. The minimum absolute atomic E-state index is 0.0602. The zero-order valence-electron chi connectivity index (χ0n) is 29.6. The van der Waals surface area contributed by atoms with E-state index in [0.717, 1.165) is 6.07 Å². The van der Waals surface area contributed by atoms with Crippen LogP contribution in [0, 0.1) is 11.7 Å². The molecule has 0 radical (unpaired) electrons. The number of aromatic nitrogens is 1. The Morgan fingerprint density at radius 3 is 2.44 bits per heavy atom. The van der Waals surface area contributed by atoms with Crippen molar-refractivity contribution >= 4 is 29.5 Å². The number of hydrogen-bond acceptors (Lipinski definition) is 9. The summed E-state index contributed by atoms with van der Waals surface area (Å²) in [5.74, 6) is -3.21. The zero-order valence-corrected chi connectivity index (χ0v) is 29.6. The maximum atomic E-state index is 14.8. The number of nitrogens with one attached hydrogen (secondary N) is 4. The molecule has 1 aliphatic rings. The van der Waals surface area contributed by atoms with Crippen LogP contribution >= 0.6 is 0 Å². The SMILES string of the molecule is CC[C@H](C)[C@@H]1NC(=O)[C@H]([C@@H](C)O)NC(=O)CCCN(C(=O)c2ccncc2)CCNC(=O)c2ccc(OC)c(c2)Oc2cc(F)cc(c2)CNC1=O. The largest absolute Gasteiger partial charge is 0.493 e. The van der Waals surface area contributed by atoms with Gasteiger partial charge in [0.05, 0.1) is 13.2 Å². The molecule has 2 heterocycles. The van der Waals surface area contributed by atoms with Crippen LogP contribution in [0.1, 0.15) is 66.3 Å². The highest BCUT2D eigenvalue weighted by atomic mass is 19.1. The molecule has 5 N–H and O–H groups in total. The van der Waals surface area contributed by atoms with Crippen LogP contribution in [0.4, 0.5) is 4.39 Å². The highest BCUT2D eigenvalue weighted by Crippen LogP contribution is 2.33. The number of carbonyl (C=O) groups excluding carboxylic acids is 5. The lowest BCUT2D eigenvalue weighted by Crippen LogP contribution is -2.58. The normalized spacial score (nSPS) is 19.4. The molecule has 14 nitrogen and oxygen atoms in total. The smallest absolute Gasteiger partial charge is 0.254 e. The van der Waals surface area contributed by atoms with Crippen LogP contribution in [-0.4, -0.2) is 89.5 Å². The molecule has 278 valence electrons. The number of rotatable bonds is 5. The first-order chi connectivity index (χ1) is 24.9. The predicted octanol–water partition coefficient (Wildman–Crippen LogP) is 2.70. The molecule has 2 aromatic carbocycles. The van der Waals surface area contributed by atoms with Crippen molar-refractivity contribution in [1.82, 2.24) is 31.2 Å². The third kappa shape index (κ3) is 10.7. The molecule has 1 aliphatic heterocycles. The van der Waals surface area contributed by atoms with Crippen molar-refractivity contribution in [3.05, 3.63) is 83.4 Å². The lowest BCUT2D eigenvalue weighted by atomic mass is 9.97. The second-order valence-corrected chi connectivity index (χ2v) is 12.5. The van der Waals surface area contributed by atoms with Crippen molar-refractivity contribution in [3.63, 3.8) is 0 Å². The number of nitrogens with zero attached hydrogens (tertiary/aromatic N) is 2. The predicted molar refractivity (Wildman–Crippen MR) is 188 cm³/mol. The highest BCUT2D eigenvalue weighted by molar-refractivity contribution is 5.96. The molecule has 0 saturated heterocycles. The number of ether oxygens (including phenoxy) is 2. The lowest BCUT2D eigenvalue weighted by Gasteiger charge is -2.28. The Labute approximate surface area is 301 Å². The van der Waals surface area contributed by atoms with Gasteiger partial charge in [0.1, 0.15) is 23.7 Å². The summed E-state index contributed by atoms with van der Waals surface area (Å²) in [5.41, 5.74) is 0.922. The minimum atomic E-state index is -1.38. The topological polar surface area (TPSA) is 188 Å². The second kappa shape index (κ2) is 18.6. The number of pyridine rings is 1. The maximum Gasteiger partial charge on any atom is 0.254 e. The average Bonchev–Trinajstić information content (AvgIpc) is 3.13. The van der Waals surface area contributed by atoms with Gasteiger partial charge in [0.25, 0.3) is 11.8 Å². The van der Waals surface area contributed by atoms with E-state index in [0.29, 0.717) is 17.5 Å². The van der Waals surface area contributed by atoms with Crippen LogP contribution < -0.4 is 30.7 Å². The van der Waals surface area contributed by atoms with Crippen molar-refractivity contribution < 1.29 is 42.9 Å². The first-order valence-corrected chi connectivity index (χ1v) is 17.1. The van der Waals surface area contributed by atoms with E-state index in [4.69, 9.17) is 9.47 Å². The summed E-state index contributed by atoms with van der Waals surface area (Å²) in [5, 5.41) is 21.2. The number of amides is 5. The molecule has 4 rings (SSSR count). The third-order valence-corrected chi connectivity index (χ3v) is 8.64. The molecule has 0 spiro atoms. The van der Waals surface area contributed by atoms with Gasteiger partial charge in [0.15, 0.2) is 11.5 Å². The summed E-state index contributed by atoms with van der Waals surface area (Å²) < 4.78 is 26.2. The molecular formula is C37H45FN6O8. The van der Waals surface area contributed by atoms with E-state index >= 15 is 0 Å². The van der Waals surface area contributed by atoms with E-state index < -0.39 is 47.6 Å². The summed E-state index contributed by atoms with van der Waals surface area (Å²) in [6.45, 7) is 5.12. The van der Waals surface area contributed by atoms with E-state index in [1.807, 2.05) is 6.92 Å². The van der Waals surface area contributed by atoms with Gasteiger partial charge in [-0.3, -0.25) is 29.0 Å². The fraction of sp³-hybridized carbons (Fsp3) is 0.405. The molecule has 4 bridgehead atoms. The standard InChI is InChI=1S/C37H45FN6O8/c1-5-22(2)32-35(48)41-21-24-17-27(38)20-28(18-24)52-30-19-26(8-9-29(30)51-4)34(47)40-14-16-44(37(50)25-10-12-39-13-11-25)15-6-7-31(46)42-33(23(3)45)36(49)43-32/h8-13,17-20,22-23,32-33,45H,5-7,14-16,21H2,1-4H3,(H,40,47)(H,41,48)(H,42,46)(H,43,49)/t22-,23+,32-,33-/m0/s1. The van der Waals surface area contributed by atoms with Crippen LogP contribution in [0.5, 0.6) is 17.2 Å². The average molecular weight is 721 g/mol. The Bertz CT molecular complexity index is 1740. The van der Waals surface area contributed by atoms with E-state index in [-0.39, 0.29) is 73.7 Å². The molecule has 0 aliphatic carbocycles. The first kappa shape index (κ1) is 39.2. The molecule has 52 heavy (non-hydrogen) atoms. The van der Waals surface area contributed by atoms with Gasteiger partial charge in [0, 0.05) is 62.2 Å². The quantitative estimate of drug-likeness (QED) is 0.264. The number of halogens is 1. The van der Waals surface area contributed by atoms with Gasteiger partial charge < -0.3 is 40.7 Å². The Morgan fingerprint density at radius 1 is 1.00 bits per heavy atom. The van der Waals surface area contributed by atoms with Crippen LogP contribution in [0.2, 0.25) is 0 Å². The monoisotopic (exact) mass is 720 g/mol. The van der Waals surface area contributed by atoms with Gasteiger partial charge >= 0.3 is 0 Å². The number of benzene rings is 2. The number of hydrogen-bond donors (Lipinski definition) is 5. The Hall–Kier alpha value is -5.57. The van der Waals surface area contributed by atoms with Gasteiger partial charge in [0.2, 0.25) is 17.7 Å². The van der Waals surface area contributed by atoms with Crippen molar-refractivity contribution in [2.75, 3.05) is 26.7 Å². The number of methoxy groups -OCH3 is 1. The highest BCUT2D eigenvalue weighted by Gasteiger charge is 2.32. The minimum Gasteiger partial charge on any atom is -0.493 e. The van der Waals surface area contributed by atoms with Gasteiger partial charge in [-0.2, -0.15) is 0 Å². The Kier molecular flexibility index (Phi) is 14.0. The van der Waals surface area contributed by atoms with Crippen molar-refractivity contribution in [1.29, 1.82) is 0 Å². The summed E-state index contributed by atoms with van der Waals surface area (Å²) >= 11 is 0. The first-order valence-electron chi connectivity index (χ1n) is 17.1. The summed E-state index contributed by atoms with van der Waals surface area (Å²) in [4.78, 5) is 71.9. The van der Waals surface area contributed by atoms with Gasteiger partial charge in [-0.1, -0.05) is 20.3 Å². The maximum absolute atomic E-state index is 14.8. The molecule has 4 atom stereocenters. The van der Waals surface area contributed by atoms with Gasteiger partial charge in [-0.05, 0) is 67.3 Å². The molecule has 15 heteroatoms. The number of carbonyl (C=O) groups is 5. The molecular weight excluding hydrogens is 675 g/mol. The number of aliphatic hydroxyl groups excluding tert-OH is 1. The summed E-state index contributed by atoms with van der Waals surface area (Å²) in [6.07, 6.45) is 2.27. The Morgan fingerprint density at radius 2 is 1.75 bits per heavy atom.